The Hall–Kier alpha value is -1.50. The van der Waals surface area contributed by atoms with Crippen LogP contribution in [-0.2, 0) is 6.42 Å². The van der Waals surface area contributed by atoms with Crippen LogP contribution in [-0.4, -0.2) is 21.8 Å². The van der Waals surface area contributed by atoms with Crippen LogP contribution in [0.1, 0.15) is 29.8 Å². The first-order chi connectivity index (χ1) is 9.11. The van der Waals surface area contributed by atoms with E-state index in [9.17, 15) is 9.50 Å². The number of aliphatic hydroxyl groups is 1. The highest BCUT2D eigenvalue weighted by atomic mass is 35.5. The SMILES string of the molecule is NCCC(O)c1nc(Cc2c(F)cccc2Cl)no1. The summed E-state index contributed by atoms with van der Waals surface area (Å²) in [5.41, 5.74) is 5.62. The number of nitrogens with two attached hydrogens (primary N) is 1. The van der Waals surface area contributed by atoms with Crippen molar-refractivity contribution in [2.45, 2.75) is 18.9 Å². The maximum Gasteiger partial charge on any atom is 0.255 e. The molecule has 0 aliphatic carbocycles. The number of aliphatic hydroxyl groups excluding tert-OH is 1. The number of benzene rings is 1. The molecule has 3 N–H and O–H groups in total. The van der Waals surface area contributed by atoms with Gasteiger partial charge in [0.05, 0.1) is 0 Å². The average Bonchev–Trinajstić information content (AvgIpc) is 2.83. The second-order valence-electron chi connectivity index (χ2n) is 4.02. The molecule has 102 valence electrons. The number of hydrogen-bond acceptors (Lipinski definition) is 5. The van der Waals surface area contributed by atoms with E-state index in [1.807, 2.05) is 0 Å². The van der Waals surface area contributed by atoms with Crippen molar-refractivity contribution in [2.24, 2.45) is 5.73 Å². The summed E-state index contributed by atoms with van der Waals surface area (Å²) in [6, 6.07) is 4.42. The molecule has 0 amide bonds. The summed E-state index contributed by atoms with van der Waals surface area (Å²) in [4.78, 5) is 4.00. The van der Waals surface area contributed by atoms with Crippen LogP contribution in [0.3, 0.4) is 0 Å². The van der Waals surface area contributed by atoms with Crippen molar-refractivity contribution < 1.29 is 14.0 Å². The van der Waals surface area contributed by atoms with Crippen molar-refractivity contribution in [2.75, 3.05) is 6.54 Å². The van der Waals surface area contributed by atoms with Crippen LogP contribution in [0.4, 0.5) is 4.39 Å². The van der Waals surface area contributed by atoms with Gasteiger partial charge in [-0.3, -0.25) is 0 Å². The van der Waals surface area contributed by atoms with Crippen molar-refractivity contribution >= 4 is 11.6 Å². The molecule has 19 heavy (non-hydrogen) atoms. The maximum atomic E-state index is 13.6. The van der Waals surface area contributed by atoms with E-state index in [0.717, 1.165) is 0 Å². The van der Waals surface area contributed by atoms with E-state index in [-0.39, 0.29) is 18.1 Å². The third kappa shape index (κ3) is 3.28. The van der Waals surface area contributed by atoms with Crippen LogP contribution in [0.5, 0.6) is 0 Å². The van der Waals surface area contributed by atoms with Crippen LogP contribution < -0.4 is 5.73 Å². The van der Waals surface area contributed by atoms with Crippen LogP contribution in [0.25, 0.3) is 0 Å². The summed E-state index contributed by atoms with van der Waals surface area (Å²) >= 11 is 5.91. The molecule has 0 spiro atoms. The zero-order valence-corrected chi connectivity index (χ0v) is 10.8. The molecule has 1 aromatic carbocycles. The number of halogens is 2. The molecule has 0 fully saturated rings. The minimum absolute atomic E-state index is 0.0768. The Balaban J connectivity index is 2.16. The Morgan fingerprint density at radius 1 is 1.47 bits per heavy atom. The van der Waals surface area contributed by atoms with Gasteiger partial charge in [-0.25, -0.2) is 4.39 Å². The topological polar surface area (TPSA) is 85.2 Å². The minimum Gasteiger partial charge on any atom is -0.383 e. The number of rotatable bonds is 5. The van der Waals surface area contributed by atoms with Gasteiger partial charge in [-0.05, 0) is 25.1 Å². The van der Waals surface area contributed by atoms with Crippen molar-refractivity contribution in [3.05, 3.63) is 46.3 Å². The van der Waals surface area contributed by atoms with Gasteiger partial charge < -0.3 is 15.4 Å². The molecule has 0 saturated carbocycles. The molecule has 1 aromatic heterocycles. The molecule has 0 aliphatic rings. The molecular formula is C12H13ClFN3O2. The van der Waals surface area contributed by atoms with Gasteiger partial charge in [-0.15, -0.1) is 0 Å². The van der Waals surface area contributed by atoms with Gasteiger partial charge in [-0.1, -0.05) is 22.8 Å². The highest BCUT2D eigenvalue weighted by molar-refractivity contribution is 6.31. The van der Waals surface area contributed by atoms with Gasteiger partial charge in [0, 0.05) is 17.0 Å². The Bertz CT molecular complexity index is 541. The van der Waals surface area contributed by atoms with Gasteiger partial charge in [0.15, 0.2) is 5.82 Å². The van der Waals surface area contributed by atoms with E-state index in [2.05, 4.69) is 10.1 Å². The summed E-state index contributed by atoms with van der Waals surface area (Å²) in [5.74, 6) is -0.0904. The molecule has 0 saturated heterocycles. The fourth-order valence-corrected chi connectivity index (χ4v) is 1.85. The first-order valence-corrected chi connectivity index (χ1v) is 6.13. The summed E-state index contributed by atoms with van der Waals surface area (Å²) in [6.45, 7) is 0.304. The summed E-state index contributed by atoms with van der Waals surface area (Å²) in [6.07, 6.45) is -0.478. The van der Waals surface area contributed by atoms with Crippen molar-refractivity contribution in [3.8, 4) is 0 Å². The molecule has 7 heteroatoms. The fourth-order valence-electron chi connectivity index (χ4n) is 1.62. The lowest BCUT2D eigenvalue weighted by Crippen LogP contribution is -2.07. The highest BCUT2D eigenvalue weighted by Crippen LogP contribution is 2.22. The zero-order chi connectivity index (χ0) is 13.8. The highest BCUT2D eigenvalue weighted by Gasteiger charge is 2.17. The summed E-state index contributed by atoms with van der Waals surface area (Å²) < 4.78 is 18.5. The van der Waals surface area contributed by atoms with E-state index in [4.69, 9.17) is 21.9 Å². The average molecular weight is 286 g/mol. The normalized spacial score (nSPS) is 12.6. The van der Waals surface area contributed by atoms with Crippen LogP contribution >= 0.6 is 11.6 Å². The Kier molecular flexibility index (Phi) is 4.47. The predicted octanol–water partition coefficient (Wildman–Crippen LogP) is 1.84. The third-order valence-corrected chi connectivity index (χ3v) is 2.96. The molecule has 0 radical (unpaired) electrons. The van der Waals surface area contributed by atoms with Gasteiger partial charge in [0.1, 0.15) is 11.9 Å². The molecule has 2 rings (SSSR count). The van der Waals surface area contributed by atoms with Gasteiger partial charge in [-0.2, -0.15) is 4.98 Å². The molecule has 0 aliphatic heterocycles. The molecule has 1 atom stereocenters. The molecule has 5 nitrogen and oxygen atoms in total. The fraction of sp³-hybridized carbons (Fsp3) is 0.333. The second-order valence-corrected chi connectivity index (χ2v) is 4.43. The van der Waals surface area contributed by atoms with E-state index in [1.165, 1.54) is 12.1 Å². The van der Waals surface area contributed by atoms with E-state index in [1.54, 1.807) is 6.07 Å². The van der Waals surface area contributed by atoms with E-state index >= 15 is 0 Å². The Morgan fingerprint density at radius 3 is 2.95 bits per heavy atom. The second kappa shape index (κ2) is 6.10. The first kappa shape index (κ1) is 13.9. The Labute approximate surface area is 114 Å². The molecule has 1 heterocycles. The van der Waals surface area contributed by atoms with Crippen molar-refractivity contribution in [1.29, 1.82) is 0 Å². The molecule has 0 bridgehead atoms. The maximum absolute atomic E-state index is 13.6. The first-order valence-electron chi connectivity index (χ1n) is 5.75. The number of hydrogen-bond donors (Lipinski definition) is 2. The third-order valence-electron chi connectivity index (χ3n) is 2.61. The van der Waals surface area contributed by atoms with Crippen LogP contribution in [0, 0.1) is 5.82 Å². The predicted molar refractivity (Wildman–Crippen MR) is 67.1 cm³/mol. The van der Waals surface area contributed by atoms with Gasteiger partial charge in [0.25, 0.3) is 5.89 Å². The van der Waals surface area contributed by atoms with E-state index in [0.29, 0.717) is 23.6 Å². The lowest BCUT2D eigenvalue weighted by atomic mass is 10.1. The zero-order valence-electron chi connectivity index (χ0n) is 10.0. The lowest BCUT2D eigenvalue weighted by Gasteiger charge is -2.02. The monoisotopic (exact) mass is 285 g/mol. The smallest absolute Gasteiger partial charge is 0.255 e. The summed E-state index contributed by atoms with van der Waals surface area (Å²) in [5, 5.41) is 13.6. The molecule has 2 aromatic rings. The quantitative estimate of drug-likeness (QED) is 0.875. The summed E-state index contributed by atoms with van der Waals surface area (Å²) in [7, 11) is 0. The minimum atomic E-state index is -0.901. The van der Waals surface area contributed by atoms with E-state index < -0.39 is 11.9 Å². The van der Waals surface area contributed by atoms with Crippen molar-refractivity contribution in [3.63, 3.8) is 0 Å². The van der Waals surface area contributed by atoms with Gasteiger partial charge >= 0.3 is 0 Å². The number of nitrogens with zero attached hydrogens (tertiary/aromatic N) is 2. The number of aromatic nitrogens is 2. The molecule has 1 unspecified atom stereocenters. The lowest BCUT2D eigenvalue weighted by molar-refractivity contribution is 0.127. The Morgan fingerprint density at radius 2 is 2.26 bits per heavy atom. The van der Waals surface area contributed by atoms with Crippen LogP contribution in [0.15, 0.2) is 22.7 Å². The standard InChI is InChI=1S/C12H13ClFN3O2/c13-8-2-1-3-9(14)7(8)6-11-16-12(19-17-11)10(18)4-5-15/h1-3,10,18H,4-6,15H2. The van der Waals surface area contributed by atoms with Gasteiger partial charge in [0.2, 0.25) is 0 Å². The van der Waals surface area contributed by atoms with Crippen LogP contribution in [0.2, 0.25) is 5.02 Å². The largest absolute Gasteiger partial charge is 0.383 e. The molecular weight excluding hydrogens is 273 g/mol. The van der Waals surface area contributed by atoms with Crippen molar-refractivity contribution in [1.82, 2.24) is 10.1 Å².